The van der Waals surface area contributed by atoms with Crippen LogP contribution in [0, 0.1) is 11.7 Å². The van der Waals surface area contributed by atoms with Crippen molar-refractivity contribution in [2.45, 2.75) is 108 Å². The predicted molar refractivity (Wildman–Crippen MR) is 163 cm³/mol. The normalized spacial score (nSPS) is 29.1. The second kappa shape index (κ2) is 13.3. The van der Waals surface area contributed by atoms with Crippen LogP contribution in [0.25, 0.3) is 0 Å². The molecule has 0 spiro atoms. The van der Waals surface area contributed by atoms with Crippen molar-refractivity contribution in [1.29, 1.82) is 0 Å². The Kier molecular flexibility index (Phi) is 9.59. The van der Waals surface area contributed by atoms with Crippen LogP contribution in [0.5, 0.6) is 0 Å². The van der Waals surface area contributed by atoms with Gasteiger partial charge in [-0.25, -0.2) is 18.8 Å². The Balaban J connectivity index is 1.36. The number of carboxylic acids is 1. The van der Waals surface area contributed by atoms with Crippen LogP contribution < -0.4 is 10.6 Å². The van der Waals surface area contributed by atoms with Gasteiger partial charge in [0.25, 0.3) is 0 Å². The summed E-state index contributed by atoms with van der Waals surface area (Å²) in [6.07, 6.45) is 5.34. The summed E-state index contributed by atoms with van der Waals surface area (Å²) in [6.45, 7) is 5.55. The lowest BCUT2D eigenvalue weighted by Crippen LogP contribution is -2.56. The molecule has 3 N–H and O–H groups in total. The van der Waals surface area contributed by atoms with Crippen LogP contribution in [0.2, 0.25) is 0 Å². The first-order valence-electron chi connectivity index (χ1n) is 16.0. The summed E-state index contributed by atoms with van der Waals surface area (Å²) in [7, 11) is 0. The molecule has 0 unspecified atom stereocenters. The highest BCUT2D eigenvalue weighted by atomic mass is 19.1. The molecule has 1 aromatic carbocycles. The van der Waals surface area contributed by atoms with E-state index in [-0.39, 0.29) is 37.7 Å². The largest absolute Gasteiger partial charge is 0.479 e. The van der Waals surface area contributed by atoms with E-state index < -0.39 is 59.3 Å². The number of amides is 4. The minimum absolute atomic E-state index is 0.0473. The maximum absolute atomic E-state index is 14.1. The van der Waals surface area contributed by atoms with E-state index in [1.165, 1.54) is 21.9 Å². The molecule has 5 rings (SSSR count). The van der Waals surface area contributed by atoms with Crippen molar-refractivity contribution in [3.8, 4) is 0 Å². The van der Waals surface area contributed by atoms with Gasteiger partial charge in [-0.05, 0) is 76.1 Å². The summed E-state index contributed by atoms with van der Waals surface area (Å²) in [5.41, 5.74) is -0.654. The monoisotopic (exact) mass is 642 g/mol. The molecular formula is C33H43FN4O8. The average Bonchev–Trinajstić information content (AvgIpc) is 3.51. The number of allylic oxidation sites excluding steroid dienone is 1. The minimum Gasteiger partial charge on any atom is -0.479 e. The summed E-state index contributed by atoms with van der Waals surface area (Å²) in [5, 5.41) is 15.4. The molecule has 2 fully saturated rings. The van der Waals surface area contributed by atoms with Crippen LogP contribution in [-0.4, -0.2) is 87.3 Å². The van der Waals surface area contributed by atoms with Crippen molar-refractivity contribution in [2.24, 2.45) is 5.92 Å². The highest BCUT2D eigenvalue weighted by molar-refractivity contribution is 5.96. The first-order chi connectivity index (χ1) is 21.8. The molecule has 1 aromatic rings. The number of rotatable bonds is 3. The van der Waals surface area contributed by atoms with Gasteiger partial charge in [0.2, 0.25) is 11.8 Å². The fraction of sp³-hybridized carbons (Fsp3) is 0.606. The van der Waals surface area contributed by atoms with Gasteiger partial charge in [-0.2, -0.15) is 0 Å². The second-order valence-electron chi connectivity index (χ2n) is 13.7. The molecule has 13 heteroatoms. The van der Waals surface area contributed by atoms with Crippen molar-refractivity contribution in [3.05, 3.63) is 47.3 Å². The van der Waals surface area contributed by atoms with Gasteiger partial charge >= 0.3 is 18.2 Å². The number of carbonyl (C=O) groups is 5. The molecular weight excluding hydrogens is 599 g/mol. The zero-order valence-electron chi connectivity index (χ0n) is 26.6. The van der Waals surface area contributed by atoms with E-state index in [2.05, 4.69) is 10.6 Å². The van der Waals surface area contributed by atoms with E-state index in [4.69, 9.17) is 9.47 Å². The number of nitrogens with zero attached hydrogens (tertiary/aromatic N) is 2. The van der Waals surface area contributed by atoms with Crippen LogP contribution >= 0.6 is 0 Å². The quantitative estimate of drug-likeness (QED) is 0.422. The summed E-state index contributed by atoms with van der Waals surface area (Å²) in [5.74, 6) is -3.08. The molecule has 1 saturated heterocycles. The van der Waals surface area contributed by atoms with E-state index in [0.29, 0.717) is 25.8 Å². The minimum atomic E-state index is -1.48. The van der Waals surface area contributed by atoms with Crippen LogP contribution in [-0.2, 0) is 36.8 Å². The van der Waals surface area contributed by atoms with E-state index >= 15 is 0 Å². The van der Waals surface area contributed by atoms with Gasteiger partial charge < -0.3 is 35.0 Å². The number of halogens is 1. The van der Waals surface area contributed by atoms with Crippen LogP contribution in [0.1, 0.15) is 76.8 Å². The van der Waals surface area contributed by atoms with Crippen LogP contribution in [0.3, 0.4) is 0 Å². The SMILES string of the molecule is CC(C)(C)OC(=O)N[C@H]1CCCCC/C=C\[C@@H]2C[C@@]2(C(=O)O)NC(=O)[C@@H]2C[C@@H](OC(=O)N3CCc4cc(F)ccc4C3)CN2C1=O. The Morgan fingerprint density at radius 3 is 2.65 bits per heavy atom. The van der Waals surface area contributed by atoms with Gasteiger partial charge in [0.1, 0.15) is 35.1 Å². The third-order valence-corrected chi connectivity index (χ3v) is 9.02. The standard InChI is InChI=1S/C33H43FN4O8/c1-32(2,3)46-30(43)35-25-10-8-6-4-5-7-9-22-17-33(22,29(41)42)36-27(39)26-16-24(19-38(26)28(25)40)45-31(44)37-14-13-20-15-23(34)12-11-21(20)18-37/h7,9,11-12,15,22,24-26H,4-6,8,10,13-14,16-19H2,1-3H3,(H,35,43)(H,36,39)(H,41,42)/b9-7-/t22-,24-,25+,26+,33-/m1/s1. The lowest BCUT2D eigenvalue weighted by Gasteiger charge is -2.30. The van der Waals surface area contributed by atoms with Crippen molar-refractivity contribution in [2.75, 3.05) is 13.1 Å². The first-order valence-corrected chi connectivity index (χ1v) is 16.0. The second-order valence-corrected chi connectivity index (χ2v) is 13.7. The molecule has 3 heterocycles. The van der Waals surface area contributed by atoms with Crippen molar-refractivity contribution < 1.29 is 42.9 Å². The van der Waals surface area contributed by atoms with E-state index in [1.54, 1.807) is 26.8 Å². The van der Waals surface area contributed by atoms with Gasteiger partial charge in [-0.3, -0.25) is 9.59 Å². The highest BCUT2D eigenvalue weighted by Gasteiger charge is 2.61. The zero-order chi connectivity index (χ0) is 33.2. The Morgan fingerprint density at radius 1 is 1.13 bits per heavy atom. The molecule has 0 bridgehead atoms. The number of nitrogens with one attached hydrogen (secondary N) is 2. The maximum Gasteiger partial charge on any atom is 0.410 e. The number of aliphatic carboxylic acids is 1. The maximum atomic E-state index is 14.1. The number of hydrogen-bond acceptors (Lipinski definition) is 7. The van der Waals surface area contributed by atoms with E-state index in [9.17, 15) is 33.5 Å². The van der Waals surface area contributed by atoms with Gasteiger partial charge in [-0.15, -0.1) is 0 Å². The van der Waals surface area contributed by atoms with E-state index in [0.717, 1.165) is 30.4 Å². The summed E-state index contributed by atoms with van der Waals surface area (Å²) >= 11 is 0. The lowest BCUT2D eigenvalue weighted by atomic mass is 10.00. The summed E-state index contributed by atoms with van der Waals surface area (Å²) < 4.78 is 24.9. The summed E-state index contributed by atoms with van der Waals surface area (Å²) in [4.78, 5) is 68.9. The number of fused-ring (bicyclic) bond motifs is 3. The van der Waals surface area contributed by atoms with E-state index in [1.807, 2.05) is 12.2 Å². The fourth-order valence-electron chi connectivity index (χ4n) is 6.49. The summed E-state index contributed by atoms with van der Waals surface area (Å²) in [6, 6.07) is 2.28. The predicted octanol–water partition coefficient (Wildman–Crippen LogP) is 3.66. The number of alkyl carbamates (subject to hydrolysis) is 1. The molecule has 0 aromatic heterocycles. The number of hydrogen-bond donors (Lipinski definition) is 3. The molecule has 250 valence electrons. The van der Waals surface area contributed by atoms with Gasteiger partial charge in [-0.1, -0.05) is 31.1 Å². The molecule has 1 saturated carbocycles. The van der Waals surface area contributed by atoms with Gasteiger partial charge in [0, 0.05) is 25.4 Å². The Hall–Kier alpha value is -4.16. The number of benzene rings is 1. The number of carboxylic acid groups (broad SMARTS) is 1. The molecule has 12 nitrogen and oxygen atoms in total. The van der Waals surface area contributed by atoms with Gasteiger partial charge in [0.15, 0.2) is 0 Å². The number of ether oxygens (including phenoxy) is 2. The zero-order valence-corrected chi connectivity index (χ0v) is 26.6. The fourth-order valence-corrected chi connectivity index (χ4v) is 6.49. The molecule has 0 radical (unpaired) electrons. The number of carbonyl (C=O) groups excluding carboxylic acids is 4. The Labute approximate surface area is 267 Å². The lowest BCUT2D eigenvalue weighted by molar-refractivity contribution is -0.145. The molecule has 4 aliphatic rings. The molecule has 3 aliphatic heterocycles. The van der Waals surface area contributed by atoms with Crippen LogP contribution in [0.4, 0.5) is 14.0 Å². The van der Waals surface area contributed by atoms with Gasteiger partial charge in [0.05, 0.1) is 6.54 Å². The molecule has 46 heavy (non-hydrogen) atoms. The molecule has 5 atom stereocenters. The highest BCUT2D eigenvalue weighted by Crippen LogP contribution is 2.45. The third kappa shape index (κ3) is 7.61. The topological polar surface area (TPSA) is 155 Å². The smallest absolute Gasteiger partial charge is 0.410 e. The molecule has 4 amide bonds. The Bertz CT molecular complexity index is 1410. The Morgan fingerprint density at radius 2 is 1.91 bits per heavy atom. The van der Waals surface area contributed by atoms with Crippen molar-refractivity contribution in [1.82, 2.24) is 20.4 Å². The molecule has 1 aliphatic carbocycles. The third-order valence-electron chi connectivity index (χ3n) is 9.02. The van der Waals surface area contributed by atoms with Crippen molar-refractivity contribution >= 4 is 30.0 Å². The average molecular weight is 643 g/mol. The first kappa shape index (κ1) is 33.2. The van der Waals surface area contributed by atoms with Crippen LogP contribution in [0.15, 0.2) is 30.4 Å². The van der Waals surface area contributed by atoms with Crippen molar-refractivity contribution in [3.63, 3.8) is 0 Å².